The smallest absolute Gasteiger partial charge is 0.307 e. The number of nitrogens with one attached hydrogen (secondary N) is 1. The zero-order valence-electron chi connectivity index (χ0n) is 10.1. The number of hydrogen-bond acceptors (Lipinski definition) is 7. The number of ether oxygens (including phenoxy) is 1. The topological polar surface area (TPSA) is 90.1 Å². The van der Waals surface area contributed by atoms with Crippen molar-refractivity contribution in [1.82, 2.24) is 9.97 Å². The standard InChI is InChI=1S/C11H14N4O2S/c1-6(5-8(16)17-2)13-10-9-7(3-4-18-9)14-11(12)15-10/h3-4,6H,5H2,1-2H3,(H3,12,13,14,15). The van der Waals surface area contributed by atoms with Crippen molar-refractivity contribution >= 4 is 39.3 Å². The van der Waals surface area contributed by atoms with E-state index < -0.39 is 0 Å². The molecule has 0 saturated heterocycles. The van der Waals surface area contributed by atoms with E-state index >= 15 is 0 Å². The molecule has 6 nitrogen and oxygen atoms in total. The Morgan fingerprint density at radius 3 is 3.11 bits per heavy atom. The quantitative estimate of drug-likeness (QED) is 0.817. The van der Waals surface area contributed by atoms with Gasteiger partial charge in [-0.15, -0.1) is 11.3 Å². The molecule has 2 aromatic heterocycles. The third-order valence-electron chi connectivity index (χ3n) is 2.40. The van der Waals surface area contributed by atoms with Crippen LogP contribution in [-0.2, 0) is 9.53 Å². The molecule has 2 rings (SSSR count). The molecule has 0 aliphatic heterocycles. The lowest BCUT2D eigenvalue weighted by Gasteiger charge is -2.13. The summed E-state index contributed by atoms with van der Waals surface area (Å²) < 4.78 is 5.55. The first-order chi connectivity index (χ1) is 8.60. The summed E-state index contributed by atoms with van der Waals surface area (Å²) in [6.45, 7) is 1.88. The van der Waals surface area contributed by atoms with Gasteiger partial charge in [-0.2, -0.15) is 4.98 Å². The monoisotopic (exact) mass is 266 g/mol. The number of anilines is 2. The number of fused-ring (bicyclic) bond motifs is 1. The SMILES string of the molecule is COC(=O)CC(C)Nc1nc(N)nc2ccsc12. The second kappa shape index (κ2) is 5.18. The molecule has 1 atom stereocenters. The Labute approximate surface area is 108 Å². The first-order valence-electron chi connectivity index (χ1n) is 5.44. The highest BCUT2D eigenvalue weighted by Crippen LogP contribution is 2.27. The Morgan fingerprint density at radius 1 is 1.61 bits per heavy atom. The van der Waals surface area contributed by atoms with Crippen LogP contribution in [0.2, 0.25) is 0 Å². The molecular formula is C11H14N4O2S. The van der Waals surface area contributed by atoms with Crippen molar-refractivity contribution < 1.29 is 9.53 Å². The predicted octanol–water partition coefficient (Wildman–Crippen LogP) is 1.64. The van der Waals surface area contributed by atoms with Crippen molar-refractivity contribution in [1.29, 1.82) is 0 Å². The summed E-state index contributed by atoms with van der Waals surface area (Å²) in [5.74, 6) is 0.608. The summed E-state index contributed by atoms with van der Waals surface area (Å²) in [5.41, 5.74) is 6.44. The first-order valence-corrected chi connectivity index (χ1v) is 6.32. The first kappa shape index (κ1) is 12.6. The lowest BCUT2D eigenvalue weighted by atomic mass is 10.2. The molecule has 0 aromatic carbocycles. The Bertz CT molecular complexity index is 569. The van der Waals surface area contributed by atoms with E-state index in [9.17, 15) is 4.79 Å². The van der Waals surface area contributed by atoms with Crippen LogP contribution in [0.4, 0.5) is 11.8 Å². The largest absolute Gasteiger partial charge is 0.469 e. The van der Waals surface area contributed by atoms with Crippen LogP contribution in [-0.4, -0.2) is 29.1 Å². The third kappa shape index (κ3) is 2.67. The van der Waals surface area contributed by atoms with E-state index in [1.807, 2.05) is 18.4 Å². The molecule has 0 saturated carbocycles. The Balaban J connectivity index is 2.20. The summed E-state index contributed by atoms with van der Waals surface area (Å²) in [7, 11) is 1.37. The van der Waals surface area contributed by atoms with Crippen molar-refractivity contribution in [3.05, 3.63) is 11.4 Å². The van der Waals surface area contributed by atoms with Gasteiger partial charge in [-0.1, -0.05) is 0 Å². The van der Waals surface area contributed by atoms with Crippen molar-refractivity contribution in [3.63, 3.8) is 0 Å². The van der Waals surface area contributed by atoms with Crippen LogP contribution in [0.5, 0.6) is 0 Å². The molecule has 1 unspecified atom stereocenters. The minimum atomic E-state index is -0.264. The summed E-state index contributed by atoms with van der Waals surface area (Å²) in [4.78, 5) is 19.5. The van der Waals surface area contributed by atoms with Crippen molar-refractivity contribution in [2.24, 2.45) is 0 Å². The van der Waals surface area contributed by atoms with E-state index in [0.717, 1.165) is 10.2 Å². The number of nitrogen functional groups attached to an aromatic ring is 1. The second-order valence-corrected chi connectivity index (χ2v) is 4.81. The van der Waals surface area contributed by atoms with Crippen LogP contribution in [0.3, 0.4) is 0 Å². The Morgan fingerprint density at radius 2 is 2.39 bits per heavy atom. The molecule has 3 N–H and O–H groups in total. The fourth-order valence-electron chi connectivity index (χ4n) is 1.60. The van der Waals surface area contributed by atoms with Gasteiger partial charge in [-0.25, -0.2) is 4.98 Å². The molecule has 96 valence electrons. The van der Waals surface area contributed by atoms with E-state index in [4.69, 9.17) is 5.73 Å². The number of aromatic nitrogens is 2. The van der Waals surface area contributed by atoms with E-state index in [-0.39, 0.29) is 24.4 Å². The molecule has 0 bridgehead atoms. The minimum Gasteiger partial charge on any atom is -0.469 e. The van der Waals surface area contributed by atoms with E-state index in [1.54, 1.807) is 0 Å². The summed E-state index contributed by atoms with van der Waals surface area (Å²) >= 11 is 1.53. The van der Waals surface area contributed by atoms with Crippen LogP contribution in [0.1, 0.15) is 13.3 Å². The van der Waals surface area contributed by atoms with Gasteiger partial charge < -0.3 is 15.8 Å². The number of methoxy groups -OCH3 is 1. The molecule has 2 heterocycles. The zero-order valence-corrected chi connectivity index (χ0v) is 11.0. The highest BCUT2D eigenvalue weighted by Gasteiger charge is 2.13. The summed E-state index contributed by atoms with van der Waals surface area (Å²) in [6.07, 6.45) is 0.271. The molecule has 7 heteroatoms. The van der Waals surface area contributed by atoms with Gasteiger partial charge in [-0.05, 0) is 18.4 Å². The maximum absolute atomic E-state index is 11.2. The van der Waals surface area contributed by atoms with Crippen LogP contribution in [0.25, 0.3) is 10.2 Å². The normalized spacial score (nSPS) is 12.3. The van der Waals surface area contributed by atoms with Gasteiger partial charge in [0, 0.05) is 6.04 Å². The third-order valence-corrected chi connectivity index (χ3v) is 3.31. The number of thiophene rings is 1. The Kier molecular flexibility index (Phi) is 3.61. The van der Waals surface area contributed by atoms with Gasteiger partial charge in [0.15, 0.2) is 0 Å². The summed E-state index contributed by atoms with van der Waals surface area (Å²) in [6, 6.07) is 1.80. The van der Waals surface area contributed by atoms with E-state index in [1.165, 1.54) is 18.4 Å². The molecule has 0 aliphatic carbocycles. The number of nitrogens with two attached hydrogens (primary N) is 1. The number of nitrogens with zero attached hydrogens (tertiary/aromatic N) is 2. The number of rotatable bonds is 4. The second-order valence-electron chi connectivity index (χ2n) is 3.89. The van der Waals surface area contributed by atoms with Crippen LogP contribution in [0, 0.1) is 0 Å². The van der Waals surface area contributed by atoms with E-state index in [0.29, 0.717) is 5.82 Å². The predicted molar refractivity (Wildman–Crippen MR) is 71.5 cm³/mol. The molecular weight excluding hydrogens is 252 g/mol. The van der Waals surface area contributed by atoms with Gasteiger partial charge in [0.1, 0.15) is 5.82 Å². The zero-order chi connectivity index (χ0) is 13.1. The average molecular weight is 266 g/mol. The van der Waals surface area contributed by atoms with Crippen LogP contribution >= 0.6 is 11.3 Å². The fraction of sp³-hybridized carbons (Fsp3) is 0.364. The molecule has 0 spiro atoms. The number of esters is 1. The highest BCUT2D eigenvalue weighted by atomic mass is 32.1. The van der Waals surface area contributed by atoms with Gasteiger partial charge in [-0.3, -0.25) is 4.79 Å². The molecule has 0 aliphatic rings. The van der Waals surface area contributed by atoms with Crippen molar-refractivity contribution in [2.75, 3.05) is 18.2 Å². The average Bonchev–Trinajstić information content (AvgIpc) is 2.76. The van der Waals surface area contributed by atoms with Gasteiger partial charge in [0.2, 0.25) is 5.95 Å². The molecule has 2 aromatic rings. The van der Waals surface area contributed by atoms with Crippen molar-refractivity contribution in [3.8, 4) is 0 Å². The highest BCUT2D eigenvalue weighted by molar-refractivity contribution is 7.17. The van der Waals surface area contributed by atoms with Gasteiger partial charge >= 0.3 is 5.97 Å². The fourth-order valence-corrected chi connectivity index (χ4v) is 2.38. The van der Waals surface area contributed by atoms with Gasteiger partial charge in [0.25, 0.3) is 0 Å². The van der Waals surface area contributed by atoms with Crippen molar-refractivity contribution in [2.45, 2.75) is 19.4 Å². The lowest BCUT2D eigenvalue weighted by Crippen LogP contribution is -2.21. The lowest BCUT2D eigenvalue weighted by molar-refractivity contribution is -0.140. The molecule has 0 radical (unpaired) electrons. The maximum atomic E-state index is 11.2. The van der Waals surface area contributed by atoms with Crippen LogP contribution < -0.4 is 11.1 Å². The number of carbonyl (C=O) groups excluding carboxylic acids is 1. The van der Waals surface area contributed by atoms with E-state index in [2.05, 4.69) is 20.0 Å². The number of carbonyl (C=O) groups is 1. The molecule has 0 amide bonds. The summed E-state index contributed by atoms with van der Waals surface area (Å²) in [5, 5.41) is 5.08. The number of hydrogen-bond donors (Lipinski definition) is 2. The Hall–Kier alpha value is -1.89. The molecule has 0 fully saturated rings. The maximum Gasteiger partial charge on any atom is 0.307 e. The van der Waals surface area contributed by atoms with Crippen LogP contribution in [0.15, 0.2) is 11.4 Å². The van der Waals surface area contributed by atoms with Gasteiger partial charge in [0.05, 0.1) is 23.7 Å². The minimum absolute atomic E-state index is 0.0861. The molecule has 18 heavy (non-hydrogen) atoms.